The number of ether oxygens (including phenoxy) is 3. The van der Waals surface area contributed by atoms with Crippen LogP contribution < -0.4 is 0 Å². The highest BCUT2D eigenvalue weighted by atomic mass is 16.7. The number of carbonyl (C=O) groups is 1. The second kappa shape index (κ2) is 6.97. The van der Waals surface area contributed by atoms with E-state index in [1.807, 2.05) is 30.3 Å². The van der Waals surface area contributed by atoms with E-state index in [9.17, 15) is 20.1 Å². The molecule has 116 valence electrons. The van der Waals surface area contributed by atoms with Gasteiger partial charge in [-0.25, -0.2) is 4.79 Å². The molecule has 1 aromatic carbocycles. The van der Waals surface area contributed by atoms with Gasteiger partial charge in [-0.1, -0.05) is 30.3 Å². The van der Waals surface area contributed by atoms with Gasteiger partial charge < -0.3 is 29.5 Å². The number of benzene rings is 1. The molecule has 1 aliphatic rings. The van der Waals surface area contributed by atoms with E-state index in [1.54, 1.807) is 0 Å². The lowest BCUT2D eigenvalue weighted by atomic mass is 9.99. The molecular weight excluding hydrogens is 280 g/mol. The van der Waals surface area contributed by atoms with Crippen molar-refractivity contribution in [2.75, 3.05) is 7.11 Å². The van der Waals surface area contributed by atoms with Crippen molar-refractivity contribution in [1.82, 2.24) is 0 Å². The van der Waals surface area contributed by atoms with E-state index >= 15 is 0 Å². The van der Waals surface area contributed by atoms with Crippen molar-refractivity contribution in [3.63, 3.8) is 0 Å². The van der Waals surface area contributed by atoms with E-state index in [2.05, 4.69) is 4.74 Å². The van der Waals surface area contributed by atoms with Gasteiger partial charge in [0, 0.05) is 0 Å². The Morgan fingerprint density at radius 2 is 1.81 bits per heavy atom. The largest absolute Gasteiger partial charge is 0.467 e. The number of aliphatic hydroxyl groups is 3. The lowest BCUT2D eigenvalue weighted by Gasteiger charge is -2.38. The molecule has 1 aliphatic heterocycles. The smallest absolute Gasteiger partial charge is 0.337 e. The zero-order valence-electron chi connectivity index (χ0n) is 11.5. The summed E-state index contributed by atoms with van der Waals surface area (Å²) in [5.41, 5.74) is 0.837. The van der Waals surface area contributed by atoms with Crippen molar-refractivity contribution in [3.8, 4) is 0 Å². The highest BCUT2D eigenvalue weighted by Gasteiger charge is 2.47. The van der Waals surface area contributed by atoms with Gasteiger partial charge in [0.15, 0.2) is 12.4 Å². The van der Waals surface area contributed by atoms with Crippen molar-refractivity contribution in [2.24, 2.45) is 0 Å². The lowest BCUT2D eigenvalue weighted by molar-refractivity contribution is -0.297. The van der Waals surface area contributed by atoms with E-state index in [0.717, 1.165) is 12.7 Å². The molecule has 2 rings (SSSR count). The van der Waals surface area contributed by atoms with Crippen LogP contribution in [-0.2, 0) is 25.6 Å². The molecule has 0 aliphatic carbocycles. The number of hydrogen-bond acceptors (Lipinski definition) is 7. The summed E-state index contributed by atoms with van der Waals surface area (Å²) in [5, 5.41) is 29.3. The second-order valence-electron chi connectivity index (χ2n) is 4.72. The number of methoxy groups -OCH3 is 1. The summed E-state index contributed by atoms with van der Waals surface area (Å²) in [6.07, 6.45) is -7.26. The first-order valence-electron chi connectivity index (χ1n) is 6.47. The third-order valence-electron chi connectivity index (χ3n) is 3.26. The highest BCUT2D eigenvalue weighted by molar-refractivity contribution is 5.75. The molecule has 21 heavy (non-hydrogen) atoms. The Morgan fingerprint density at radius 1 is 1.14 bits per heavy atom. The van der Waals surface area contributed by atoms with Crippen molar-refractivity contribution >= 4 is 5.97 Å². The number of rotatable bonds is 4. The summed E-state index contributed by atoms with van der Waals surface area (Å²) in [7, 11) is 1.13. The Kier molecular flexibility index (Phi) is 5.27. The zero-order chi connectivity index (χ0) is 15.4. The number of aliphatic hydroxyl groups excluding tert-OH is 3. The number of esters is 1. The van der Waals surface area contributed by atoms with Gasteiger partial charge in [0.25, 0.3) is 0 Å². The van der Waals surface area contributed by atoms with E-state index in [0.29, 0.717) is 0 Å². The zero-order valence-corrected chi connectivity index (χ0v) is 11.5. The van der Waals surface area contributed by atoms with Crippen LogP contribution in [0.3, 0.4) is 0 Å². The van der Waals surface area contributed by atoms with Crippen LogP contribution in [0.5, 0.6) is 0 Å². The SMILES string of the molecule is COC(=O)[C@H]1O[C@@H](OCc2ccccc2)[C@H](O)[C@@H](O)[C@@H]1O. The summed E-state index contributed by atoms with van der Waals surface area (Å²) in [6, 6.07) is 9.14. The average Bonchev–Trinajstić information content (AvgIpc) is 2.52. The summed E-state index contributed by atoms with van der Waals surface area (Å²) in [5.74, 6) is -0.846. The summed E-state index contributed by atoms with van der Waals surface area (Å²) in [6.45, 7) is 0.124. The topological polar surface area (TPSA) is 105 Å². The molecule has 0 radical (unpaired) electrons. The van der Waals surface area contributed by atoms with Crippen LogP contribution in [0, 0.1) is 0 Å². The van der Waals surface area contributed by atoms with E-state index in [1.165, 1.54) is 0 Å². The molecule has 1 saturated heterocycles. The van der Waals surface area contributed by atoms with Gasteiger partial charge in [-0.3, -0.25) is 0 Å². The quantitative estimate of drug-likeness (QED) is 0.624. The van der Waals surface area contributed by atoms with Crippen LogP contribution >= 0.6 is 0 Å². The molecule has 0 spiro atoms. The van der Waals surface area contributed by atoms with Gasteiger partial charge in [-0.05, 0) is 5.56 Å². The maximum absolute atomic E-state index is 11.5. The van der Waals surface area contributed by atoms with Crippen molar-refractivity contribution in [1.29, 1.82) is 0 Å². The molecule has 0 unspecified atom stereocenters. The molecule has 7 nitrogen and oxygen atoms in total. The van der Waals surface area contributed by atoms with Crippen molar-refractivity contribution < 1.29 is 34.3 Å². The van der Waals surface area contributed by atoms with Crippen LogP contribution in [0.1, 0.15) is 5.56 Å². The fraction of sp³-hybridized carbons (Fsp3) is 0.500. The maximum Gasteiger partial charge on any atom is 0.337 e. The third kappa shape index (κ3) is 3.58. The first kappa shape index (κ1) is 15.9. The van der Waals surface area contributed by atoms with Crippen molar-refractivity contribution in [3.05, 3.63) is 35.9 Å². The Labute approximate surface area is 121 Å². The Bertz CT molecular complexity index is 464. The van der Waals surface area contributed by atoms with Gasteiger partial charge in [0.05, 0.1) is 13.7 Å². The molecule has 0 aromatic heterocycles. The molecule has 5 atom stereocenters. The maximum atomic E-state index is 11.5. The Morgan fingerprint density at radius 3 is 2.43 bits per heavy atom. The first-order valence-corrected chi connectivity index (χ1v) is 6.47. The summed E-state index contributed by atoms with van der Waals surface area (Å²) < 4.78 is 15.1. The minimum Gasteiger partial charge on any atom is -0.467 e. The minimum absolute atomic E-state index is 0.124. The Hall–Kier alpha value is -1.51. The molecular formula is C14H18O7. The number of hydrogen-bond donors (Lipinski definition) is 3. The van der Waals surface area contributed by atoms with Crippen LogP contribution in [0.25, 0.3) is 0 Å². The molecule has 0 amide bonds. The van der Waals surface area contributed by atoms with Crippen LogP contribution in [0.4, 0.5) is 0 Å². The standard InChI is InChI=1S/C14H18O7/c1-19-13(18)12-10(16)9(15)11(17)14(21-12)20-7-8-5-3-2-4-6-8/h2-6,9-12,14-17H,7H2,1H3/t9-,10-,11+,12-,14+/m0/s1. The summed E-state index contributed by atoms with van der Waals surface area (Å²) in [4.78, 5) is 11.5. The van der Waals surface area contributed by atoms with Crippen LogP contribution in [0.2, 0.25) is 0 Å². The van der Waals surface area contributed by atoms with Gasteiger partial charge in [-0.15, -0.1) is 0 Å². The first-order chi connectivity index (χ1) is 10.0. The fourth-order valence-corrected chi connectivity index (χ4v) is 2.05. The molecule has 1 fully saturated rings. The van der Waals surface area contributed by atoms with Crippen LogP contribution in [-0.4, -0.2) is 59.1 Å². The summed E-state index contributed by atoms with van der Waals surface area (Å²) >= 11 is 0. The number of carbonyl (C=O) groups excluding carboxylic acids is 1. The third-order valence-corrected chi connectivity index (χ3v) is 3.26. The van der Waals surface area contributed by atoms with E-state index in [-0.39, 0.29) is 6.61 Å². The average molecular weight is 298 g/mol. The van der Waals surface area contributed by atoms with Gasteiger partial charge in [0.2, 0.25) is 0 Å². The van der Waals surface area contributed by atoms with Crippen molar-refractivity contribution in [2.45, 2.75) is 37.3 Å². The predicted octanol–water partition coefficient (Wildman–Crippen LogP) is -0.816. The lowest BCUT2D eigenvalue weighted by Crippen LogP contribution is -2.60. The molecule has 3 N–H and O–H groups in total. The van der Waals surface area contributed by atoms with Gasteiger partial charge >= 0.3 is 5.97 Å². The van der Waals surface area contributed by atoms with E-state index < -0.39 is 36.7 Å². The monoisotopic (exact) mass is 298 g/mol. The van der Waals surface area contributed by atoms with Crippen LogP contribution in [0.15, 0.2) is 30.3 Å². The molecule has 0 saturated carbocycles. The predicted molar refractivity (Wildman–Crippen MR) is 69.9 cm³/mol. The Balaban J connectivity index is 2.02. The minimum atomic E-state index is -1.58. The van der Waals surface area contributed by atoms with Gasteiger partial charge in [-0.2, -0.15) is 0 Å². The molecule has 0 bridgehead atoms. The highest BCUT2D eigenvalue weighted by Crippen LogP contribution is 2.23. The second-order valence-corrected chi connectivity index (χ2v) is 4.72. The fourth-order valence-electron chi connectivity index (χ4n) is 2.05. The molecule has 1 aromatic rings. The molecule has 7 heteroatoms. The van der Waals surface area contributed by atoms with Gasteiger partial charge in [0.1, 0.15) is 18.3 Å². The molecule has 1 heterocycles. The normalized spacial score (nSPS) is 32.7. The van der Waals surface area contributed by atoms with E-state index in [4.69, 9.17) is 9.47 Å².